The first kappa shape index (κ1) is 11.0. The Kier molecular flexibility index (Phi) is 2.77. The lowest BCUT2D eigenvalue weighted by atomic mass is 9.88. The van der Waals surface area contributed by atoms with Crippen LogP contribution in [0.1, 0.15) is 26.8 Å². The Bertz CT molecular complexity index is 515. The number of hydrogen-bond donors (Lipinski definition) is 0. The lowest BCUT2D eigenvalue weighted by molar-refractivity contribution is 0.299. The molecule has 0 bridgehead atoms. The molecule has 1 atom stereocenters. The zero-order valence-corrected chi connectivity index (χ0v) is 11.1. The normalized spacial score (nSPS) is 20.2. The molecule has 3 rings (SSSR count). The monoisotopic (exact) mass is 243 g/mol. The number of rotatable bonds is 1. The summed E-state index contributed by atoms with van der Waals surface area (Å²) >= 11 is 1.95. The van der Waals surface area contributed by atoms with Crippen LogP contribution >= 0.6 is 11.3 Å². The van der Waals surface area contributed by atoms with Gasteiger partial charge in [0.05, 0.1) is 0 Å². The van der Waals surface area contributed by atoms with Crippen molar-refractivity contribution in [2.24, 2.45) is 0 Å². The van der Waals surface area contributed by atoms with E-state index in [-0.39, 0.29) is 0 Å². The average Bonchev–Trinajstić information content (AvgIpc) is 2.69. The summed E-state index contributed by atoms with van der Waals surface area (Å²) < 4.78 is 0. The Morgan fingerprint density at radius 3 is 2.76 bits per heavy atom. The van der Waals surface area contributed by atoms with E-state index in [1.807, 2.05) is 11.3 Å². The molecule has 1 aromatic heterocycles. The number of aryl methyl sites for hydroxylation is 1. The predicted octanol–water partition coefficient (Wildman–Crippen LogP) is 3.63. The van der Waals surface area contributed by atoms with Gasteiger partial charge in [-0.3, -0.25) is 0 Å². The fraction of sp³-hybridized carbons (Fsp3) is 0.333. The molecule has 0 aliphatic carbocycles. The molecule has 1 aromatic carbocycles. The summed E-state index contributed by atoms with van der Waals surface area (Å²) in [7, 11) is 2.22. The zero-order valence-electron chi connectivity index (χ0n) is 10.3. The van der Waals surface area contributed by atoms with Gasteiger partial charge in [-0.25, -0.2) is 0 Å². The van der Waals surface area contributed by atoms with Crippen LogP contribution in [0.5, 0.6) is 0 Å². The van der Waals surface area contributed by atoms with Gasteiger partial charge in [0.2, 0.25) is 0 Å². The van der Waals surface area contributed by atoms with Crippen LogP contribution in [0.3, 0.4) is 0 Å². The fourth-order valence-electron chi connectivity index (χ4n) is 2.69. The van der Waals surface area contributed by atoms with Crippen molar-refractivity contribution in [1.29, 1.82) is 0 Å². The van der Waals surface area contributed by atoms with Crippen molar-refractivity contribution in [2.75, 3.05) is 13.6 Å². The number of fused-ring (bicyclic) bond motifs is 1. The van der Waals surface area contributed by atoms with Gasteiger partial charge in [-0.05, 0) is 31.2 Å². The smallest absolute Gasteiger partial charge is 0.0328 e. The maximum absolute atomic E-state index is 2.43. The van der Waals surface area contributed by atoms with Gasteiger partial charge in [-0.1, -0.05) is 30.3 Å². The highest BCUT2D eigenvalue weighted by atomic mass is 32.1. The highest BCUT2D eigenvalue weighted by Gasteiger charge is 2.26. The average molecular weight is 243 g/mol. The largest absolute Gasteiger partial charge is 0.300 e. The van der Waals surface area contributed by atoms with Gasteiger partial charge in [0.1, 0.15) is 0 Å². The Morgan fingerprint density at radius 1 is 1.24 bits per heavy atom. The lowest BCUT2D eigenvalue weighted by Gasteiger charge is -2.30. The third-order valence-electron chi connectivity index (χ3n) is 3.45. The van der Waals surface area contributed by atoms with E-state index in [1.165, 1.54) is 10.4 Å². The van der Waals surface area contributed by atoms with Gasteiger partial charge in [-0.15, -0.1) is 11.3 Å². The highest BCUT2D eigenvalue weighted by Crippen LogP contribution is 2.37. The molecule has 1 nitrogen and oxygen atoms in total. The van der Waals surface area contributed by atoms with Crippen LogP contribution in [0, 0.1) is 6.92 Å². The second-order valence-electron chi connectivity index (χ2n) is 4.90. The SMILES string of the molecule is Cc1cc2c(s1)CN(C)C[C@@H]2c1ccccc1. The van der Waals surface area contributed by atoms with E-state index in [4.69, 9.17) is 0 Å². The number of benzene rings is 1. The first-order chi connectivity index (χ1) is 8.24. The van der Waals surface area contributed by atoms with Gasteiger partial charge in [0, 0.05) is 28.8 Å². The molecule has 2 aromatic rings. The van der Waals surface area contributed by atoms with Crippen LogP contribution in [-0.4, -0.2) is 18.5 Å². The lowest BCUT2D eigenvalue weighted by Crippen LogP contribution is -2.29. The van der Waals surface area contributed by atoms with E-state index in [9.17, 15) is 0 Å². The van der Waals surface area contributed by atoms with Crippen molar-refractivity contribution in [3.05, 3.63) is 57.3 Å². The van der Waals surface area contributed by atoms with Crippen LogP contribution in [0.2, 0.25) is 0 Å². The first-order valence-corrected chi connectivity index (χ1v) is 6.88. The van der Waals surface area contributed by atoms with Crippen LogP contribution in [0.4, 0.5) is 0 Å². The second-order valence-corrected chi connectivity index (χ2v) is 6.24. The summed E-state index contributed by atoms with van der Waals surface area (Å²) in [4.78, 5) is 5.41. The molecule has 0 fully saturated rings. The van der Waals surface area contributed by atoms with Gasteiger partial charge in [-0.2, -0.15) is 0 Å². The quantitative estimate of drug-likeness (QED) is 0.739. The van der Waals surface area contributed by atoms with Gasteiger partial charge in [0.15, 0.2) is 0 Å². The van der Waals surface area contributed by atoms with Crippen molar-refractivity contribution < 1.29 is 0 Å². The molecule has 2 heteroatoms. The molecule has 2 heterocycles. The number of likely N-dealkylation sites (N-methyl/N-ethyl adjacent to an activating group) is 1. The molecule has 0 N–H and O–H groups in total. The molecule has 0 saturated carbocycles. The molecule has 1 aliphatic heterocycles. The van der Waals surface area contributed by atoms with Crippen LogP contribution in [0.25, 0.3) is 0 Å². The standard InChI is InChI=1S/C15H17NS/c1-11-8-13-14(12-6-4-3-5-7-12)9-16(2)10-15(13)17-11/h3-8,14H,9-10H2,1-2H3/t14-/m1/s1. The molecule has 0 radical (unpaired) electrons. The Labute approximate surface area is 107 Å². The van der Waals surface area contributed by atoms with Crippen LogP contribution in [0.15, 0.2) is 36.4 Å². The maximum atomic E-state index is 2.43. The summed E-state index contributed by atoms with van der Waals surface area (Å²) in [5, 5.41) is 0. The maximum Gasteiger partial charge on any atom is 0.0328 e. The molecule has 17 heavy (non-hydrogen) atoms. The van der Waals surface area contributed by atoms with E-state index in [2.05, 4.69) is 55.3 Å². The van der Waals surface area contributed by atoms with Crippen molar-refractivity contribution >= 4 is 11.3 Å². The third kappa shape index (κ3) is 2.03. The van der Waals surface area contributed by atoms with E-state index >= 15 is 0 Å². The number of hydrogen-bond acceptors (Lipinski definition) is 2. The fourth-order valence-corrected chi connectivity index (χ4v) is 3.87. The molecule has 88 valence electrons. The second kappa shape index (κ2) is 4.28. The minimum absolute atomic E-state index is 0.551. The van der Waals surface area contributed by atoms with Crippen molar-refractivity contribution in [2.45, 2.75) is 19.4 Å². The molecular formula is C15H17NS. The predicted molar refractivity (Wildman–Crippen MR) is 73.7 cm³/mol. The molecule has 0 amide bonds. The van der Waals surface area contributed by atoms with Crippen molar-refractivity contribution in [3.63, 3.8) is 0 Å². The van der Waals surface area contributed by atoms with Gasteiger partial charge >= 0.3 is 0 Å². The molecule has 0 unspecified atom stereocenters. The van der Waals surface area contributed by atoms with E-state index in [1.54, 1.807) is 10.4 Å². The summed E-state index contributed by atoms with van der Waals surface area (Å²) in [5.41, 5.74) is 3.00. The van der Waals surface area contributed by atoms with Crippen LogP contribution in [-0.2, 0) is 6.54 Å². The van der Waals surface area contributed by atoms with Gasteiger partial charge in [0.25, 0.3) is 0 Å². The molecular weight excluding hydrogens is 226 g/mol. The Hall–Kier alpha value is -1.12. The van der Waals surface area contributed by atoms with E-state index in [0.29, 0.717) is 5.92 Å². The summed E-state index contributed by atoms with van der Waals surface area (Å²) in [5.74, 6) is 0.551. The summed E-state index contributed by atoms with van der Waals surface area (Å²) in [6.07, 6.45) is 0. The molecule has 0 spiro atoms. The van der Waals surface area contributed by atoms with Crippen molar-refractivity contribution in [3.8, 4) is 0 Å². The molecule has 0 saturated heterocycles. The third-order valence-corrected chi connectivity index (χ3v) is 4.50. The minimum Gasteiger partial charge on any atom is -0.300 e. The Morgan fingerprint density at radius 2 is 2.00 bits per heavy atom. The zero-order chi connectivity index (χ0) is 11.8. The van der Waals surface area contributed by atoms with Crippen LogP contribution < -0.4 is 0 Å². The topological polar surface area (TPSA) is 3.24 Å². The first-order valence-electron chi connectivity index (χ1n) is 6.07. The summed E-state index contributed by atoms with van der Waals surface area (Å²) in [6.45, 7) is 4.45. The highest BCUT2D eigenvalue weighted by molar-refractivity contribution is 7.12. The molecule has 1 aliphatic rings. The number of nitrogens with zero attached hydrogens (tertiary/aromatic N) is 1. The van der Waals surface area contributed by atoms with E-state index < -0.39 is 0 Å². The van der Waals surface area contributed by atoms with Crippen molar-refractivity contribution in [1.82, 2.24) is 4.90 Å². The Balaban J connectivity index is 2.06. The van der Waals surface area contributed by atoms with Gasteiger partial charge < -0.3 is 4.90 Å². The minimum atomic E-state index is 0.551. The summed E-state index contributed by atoms with van der Waals surface area (Å²) in [6, 6.07) is 13.3. The number of thiophene rings is 1. The van der Waals surface area contributed by atoms with E-state index in [0.717, 1.165) is 13.1 Å².